The molecule has 2 aromatic rings. The topological polar surface area (TPSA) is 70.4 Å². The number of hydrogen-bond donors (Lipinski definition) is 2. The van der Waals surface area contributed by atoms with Gasteiger partial charge in [-0.15, -0.1) is 12.4 Å². The van der Waals surface area contributed by atoms with Crippen LogP contribution in [0.1, 0.15) is 10.4 Å². The first-order chi connectivity index (χ1) is 5.29. The standard InChI is InChI=1S/C6H5N3O2.ClH/c10-6(11)4-3-8-9-2-1-7-5(4)9;/h1-3,8H,(H,10,11);1H. The summed E-state index contributed by atoms with van der Waals surface area (Å²) in [7, 11) is 0. The van der Waals surface area contributed by atoms with Crippen molar-refractivity contribution in [2.45, 2.75) is 0 Å². The molecule has 6 heteroatoms. The molecule has 0 amide bonds. The second-order valence-electron chi connectivity index (χ2n) is 2.11. The smallest absolute Gasteiger partial charge is 0.341 e. The van der Waals surface area contributed by atoms with Gasteiger partial charge in [-0.2, -0.15) is 0 Å². The van der Waals surface area contributed by atoms with E-state index in [1.54, 1.807) is 10.7 Å². The summed E-state index contributed by atoms with van der Waals surface area (Å²) in [6.45, 7) is 0. The van der Waals surface area contributed by atoms with Crippen molar-refractivity contribution in [3.05, 3.63) is 24.2 Å². The first kappa shape index (κ1) is 8.61. The van der Waals surface area contributed by atoms with E-state index in [0.717, 1.165) is 0 Å². The molecule has 12 heavy (non-hydrogen) atoms. The number of carboxylic acid groups (broad SMARTS) is 1. The third kappa shape index (κ3) is 1.04. The Kier molecular flexibility index (Phi) is 2.05. The number of aromatic nitrogens is 3. The highest BCUT2D eigenvalue weighted by Crippen LogP contribution is 2.06. The lowest BCUT2D eigenvalue weighted by atomic mass is 10.3. The number of nitrogens with one attached hydrogen (secondary N) is 1. The van der Waals surface area contributed by atoms with E-state index in [-0.39, 0.29) is 18.0 Å². The van der Waals surface area contributed by atoms with Gasteiger partial charge in [0.15, 0.2) is 5.65 Å². The quantitative estimate of drug-likeness (QED) is 0.693. The van der Waals surface area contributed by atoms with Gasteiger partial charge < -0.3 is 5.11 Å². The number of aromatic amines is 1. The lowest BCUT2D eigenvalue weighted by Gasteiger charge is -1.82. The van der Waals surface area contributed by atoms with Gasteiger partial charge in [0.05, 0.1) is 0 Å². The molecule has 2 heterocycles. The van der Waals surface area contributed by atoms with Crippen molar-refractivity contribution in [2.75, 3.05) is 0 Å². The average Bonchev–Trinajstić information content (AvgIpc) is 2.41. The minimum absolute atomic E-state index is 0. The van der Waals surface area contributed by atoms with Gasteiger partial charge in [-0.25, -0.2) is 14.3 Å². The van der Waals surface area contributed by atoms with Crippen LogP contribution in [0.25, 0.3) is 5.65 Å². The molecule has 2 N–H and O–H groups in total. The second kappa shape index (κ2) is 2.86. The Balaban J connectivity index is 0.000000720. The maximum Gasteiger partial charge on any atom is 0.341 e. The summed E-state index contributed by atoms with van der Waals surface area (Å²) in [6, 6.07) is 0. The lowest BCUT2D eigenvalue weighted by Crippen LogP contribution is -1.94. The fourth-order valence-corrected chi connectivity index (χ4v) is 0.963. The number of fused-ring (bicyclic) bond motifs is 1. The molecular weight excluding hydrogens is 182 g/mol. The molecule has 0 unspecified atom stereocenters. The monoisotopic (exact) mass is 187 g/mol. The van der Waals surface area contributed by atoms with Crippen molar-refractivity contribution < 1.29 is 9.90 Å². The normalized spacial score (nSPS) is 9.67. The molecule has 0 spiro atoms. The summed E-state index contributed by atoms with van der Waals surface area (Å²) < 4.78 is 1.55. The molecule has 0 radical (unpaired) electrons. The Morgan fingerprint density at radius 1 is 1.67 bits per heavy atom. The first-order valence-electron chi connectivity index (χ1n) is 3.03. The fourth-order valence-electron chi connectivity index (χ4n) is 0.963. The highest BCUT2D eigenvalue weighted by Gasteiger charge is 2.10. The first-order valence-corrected chi connectivity index (χ1v) is 3.03. The lowest BCUT2D eigenvalue weighted by molar-refractivity contribution is 0.0699. The molecule has 2 aromatic heterocycles. The molecular formula is C6H6ClN3O2. The highest BCUT2D eigenvalue weighted by molar-refractivity contribution is 5.94. The van der Waals surface area contributed by atoms with E-state index in [1.807, 2.05) is 0 Å². The molecule has 5 nitrogen and oxygen atoms in total. The Morgan fingerprint density at radius 3 is 3.08 bits per heavy atom. The van der Waals surface area contributed by atoms with Crippen molar-refractivity contribution in [3.63, 3.8) is 0 Å². The third-order valence-corrected chi connectivity index (χ3v) is 1.46. The number of halogens is 1. The SMILES string of the molecule is Cl.O=C(O)c1c[nH]n2ccnc12. The molecule has 0 atom stereocenters. The minimum Gasteiger partial charge on any atom is -0.477 e. The van der Waals surface area contributed by atoms with Crippen LogP contribution in [0, 0.1) is 0 Å². The number of aromatic carboxylic acids is 1. The van der Waals surface area contributed by atoms with E-state index in [0.29, 0.717) is 5.65 Å². The van der Waals surface area contributed by atoms with Gasteiger partial charge in [0, 0.05) is 18.6 Å². The van der Waals surface area contributed by atoms with Gasteiger partial charge in [0.2, 0.25) is 0 Å². The summed E-state index contributed by atoms with van der Waals surface area (Å²) in [5.41, 5.74) is 0.632. The zero-order chi connectivity index (χ0) is 7.84. The predicted octanol–water partition coefficient (Wildman–Crippen LogP) is 0.782. The van der Waals surface area contributed by atoms with Crippen molar-refractivity contribution >= 4 is 24.0 Å². The van der Waals surface area contributed by atoms with Crippen LogP contribution in [-0.4, -0.2) is 25.7 Å². The molecule has 0 fully saturated rings. The zero-order valence-electron chi connectivity index (χ0n) is 5.89. The summed E-state index contributed by atoms with van der Waals surface area (Å²) in [5, 5.41) is 11.3. The van der Waals surface area contributed by atoms with E-state index < -0.39 is 5.97 Å². The Bertz CT molecular complexity index is 406. The summed E-state index contributed by atoms with van der Waals surface area (Å²) in [5.74, 6) is -0.970. The number of imidazole rings is 1. The Labute approximate surface area is 73.4 Å². The molecule has 0 saturated carbocycles. The van der Waals surface area contributed by atoms with Gasteiger partial charge in [-0.3, -0.25) is 5.10 Å². The molecule has 0 bridgehead atoms. The van der Waals surface area contributed by atoms with Crippen LogP contribution in [0.3, 0.4) is 0 Å². The maximum atomic E-state index is 10.5. The third-order valence-electron chi connectivity index (χ3n) is 1.46. The summed E-state index contributed by atoms with van der Waals surface area (Å²) in [4.78, 5) is 14.4. The van der Waals surface area contributed by atoms with E-state index in [9.17, 15) is 4.79 Å². The maximum absolute atomic E-state index is 10.5. The molecule has 0 saturated heterocycles. The Hall–Kier alpha value is -1.49. The number of carbonyl (C=O) groups is 1. The van der Waals surface area contributed by atoms with Gasteiger partial charge in [-0.1, -0.05) is 0 Å². The van der Waals surface area contributed by atoms with Crippen molar-refractivity contribution in [1.82, 2.24) is 14.6 Å². The predicted molar refractivity (Wildman–Crippen MR) is 43.8 cm³/mol. The fraction of sp³-hybridized carbons (Fsp3) is 0. The molecule has 64 valence electrons. The number of hydrogen-bond acceptors (Lipinski definition) is 2. The molecule has 0 aliphatic heterocycles. The second-order valence-corrected chi connectivity index (χ2v) is 2.11. The number of nitrogens with zero attached hydrogens (tertiary/aromatic N) is 2. The van der Waals surface area contributed by atoms with E-state index in [4.69, 9.17) is 5.11 Å². The summed E-state index contributed by atoms with van der Waals surface area (Å²) in [6.07, 6.45) is 4.60. The van der Waals surface area contributed by atoms with E-state index in [1.165, 1.54) is 12.4 Å². The molecule has 0 aliphatic carbocycles. The zero-order valence-corrected chi connectivity index (χ0v) is 6.71. The van der Waals surface area contributed by atoms with E-state index >= 15 is 0 Å². The molecule has 0 aromatic carbocycles. The van der Waals surface area contributed by atoms with Crippen LogP contribution in [0.2, 0.25) is 0 Å². The van der Waals surface area contributed by atoms with Crippen LogP contribution in [-0.2, 0) is 0 Å². The summed E-state index contributed by atoms with van der Waals surface area (Å²) >= 11 is 0. The average molecular weight is 188 g/mol. The molecule has 0 aliphatic rings. The van der Waals surface area contributed by atoms with Crippen molar-refractivity contribution in [2.24, 2.45) is 0 Å². The van der Waals surface area contributed by atoms with Gasteiger partial charge in [0.1, 0.15) is 5.56 Å². The van der Waals surface area contributed by atoms with Crippen LogP contribution in [0.4, 0.5) is 0 Å². The van der Waals surface area contributed by atoms with Crippen LogP contribution in [0.15, 0.2) is 18.6 Å². The number of H-pyrrole nitrogens is 1. The van der Waals surface area contributed by atoms with Crippen LogP contribution in [0.5, 0.6) is 0 Å². The van der Waals surface area contributed by atoms with Gasteiger partial charge >= 0.3 is 5.97 Å². The van der Waals surface area contributed by atoms with Crippen molar-refractivity contribution in [3.8, 4) is 0 Å². The van der Waals surface area contributed by atoms with Crippen LogP contribution < -0.4 is 0 Å². The number of carboxylic acids is 1. The molecule has 2 rings (SSSR count). The minimum atomic E-state index is -0.970. The highest BCUT2D eigenvalue weighted by atomic mass is 35.5. The van der Waals surface area contributed by atoms with Gasteiger partial charge in [0.25, 0.3) is 0 Å². The largest absolute Gasteiger partial charge is 0.477 e. The van der Waals surface area contributed by atoms with Crippen molar-refractivity contribution in [1.29, 1.82) is 0 Å². The Morgan fingerprint density at radius 2 is 2.42 bits per heavy atom. The van der Waals surface area contributed by atoms with Crippen LogP contribution >= 0.6 is 12.4 Å². The van der Waals surface area contributed by atoms with E-state index in [2.05, 4.69) is 10.1 Å². The number of rotatable bonds is 1. The van der Waals surface area contributed by atoms with Gasteiger partial charge in [-0.05, 0) is 0 Å².